The molecule has 6 heteroatoms. The lowest BCUT2D eigenvalue weighted by Gasteiger charge is -2.35. The van der Waals surface area contributed by atoms with Crippen molar-refractivity contribution in [2.75, 3.05) is 32.6 Å². The van der Waals surface area contributed by atoms with Gasteiger partial charge in [-0.3, -0.25) is 14.7 Å². The summed E-state index contributed by atoms with van der Waals surface area (Å²) in [6.45, 7) is 7.92. The van der Waals surface area contributed by atoms with Crippen LogP contribution in [0, 0.1) is 11.8 Å². The van der Waals surface area contributed by atoms with E-state index in [0.29, 0.717) is 17.2 Å². The zero-order valence-electron chi connectivity index (χ0n) is 22.0. The third kappa shape index (κ3) is 5.39. The largest absolute Gasteiger partial charge is 0.493 e. The quantitative estimate of drug-likeness (QED) is 0.404. The average molecular weight is 498 g/mol. The second-order valence-electron chi connectivity index (χ2n) is 10.4. The number of nitrogens with one attached hydrogen (secondary N) is 1. The van der Waals surface area contributed by atoms with Crippen LogP contribution in [0.1, 0.15) is 42.9 Å². The molecule has 0 bridgehead atoms. The average Bonchev–Trinajstić information content (AvgIpc) is 3.21. The van der Waals surface area contributed by atoms with E-state index >= 15 is 0 Å². The molecule has 0 saturated carbocycles. The Labute approximate surface area is 219 Å². The van der Waals surface area contributed by atoms with Crippen molar-refractivity contribution in [3.63, 3.8) is 0 Å². The van der Waals surface area contributed by atoms with E-state index in [1.807, 2.05) is 42.5 Å². The van der Waals surface area contributed by atoms with E-state index in [9.17, 15) is 4.79 Å². The summed E-state index contributed by atoms with van der Waals surface area (Å²) in [7, 11) is 3.19. The van der Waals surface area contributed by atoms with Crippen LogP contribution in [0.15, 0.2) is 71.7 Å². The maximum Gasteiger partial charge on any atom is 0.238 e. The first-order valence-electron chi connectivity index (χ1n) is 13.0. The lowest BCUT2D eigenvalue weighted by Crippen LogP contribution is -2.38. The highest BCUT2D eigenvalue weighted by molar-refractivity contribution is 6.24. The van der Waals surface area contributed by atoms with Crippen LogP contribution < -0.4 is 14.8 Å². The van der Waals surface area contributed by atoms with Gasteiger partial charge in [0.15, 0.2) is 11.5 Å². The van der Waals surface area contributed by atoms with E-state index < -0.39 is 5.92 Å². The number of ether oxygens (including phenoxy) is 2. The predicted octanol–water partition coefficient (Wildman–Crippen LogP) is 6.04. The van der Waals surface area contributed by atoms with Gasteiger partial charge in [0, 0.05) is 31.4 Å². The van der Waals surface area contributed by atoms with Crippen LogP contribution in [-0.2, 0) is 11.3 Å². The van der Waals surface area contributed by atoms with Crippen LogP contribution in [-0.4, -0.2) is 43.8 Å². The fourth-order valence-electron chi connectivity index (χ4n) is 5.76. The number of hydrogen-bond donors (Lipinski definition) is 1. The minimum Gasteiger partial charge on any atom is -0.493 e. The minimum absolute atomic E-state index is 0.113. The molecule has 3 atom stereocenters. The summed E-state index contributed by atoms with van der Waals surface area (Å²) in [5, 5.41) is 3.01. The number of carbonyl (C=O) groups excluding carboxylic acids is 1. The molecule has 2 aliphatic heterocycles. The molecular weight excluding hydrogens is 462 g/mol. The molecule has 3 unspecified atom stereocenters. The molecule has 1 N–H and O–H groups in total. The van der Waals surface area contributed by atoms with Gasteiger partial charge in [-0.2, -0.15) is 0 Å². The summed E-state index contributed by atoms with van der Waals surface area (Å²) in [5.41, 5.74) is 5.26. The van der Waals surface area contributed by atoms with Crippen molar-refractivity contribution < 1.29 is 14.3 Å². The first-order valence-corrected chi connectivity index (χ1v) is 13.0. The fraction of sp³-hybridized carbons (Fsp3) is 0.355. The van der Waals surface area contributed by atoms with Gasteiger partial charge in [-0.25, -0.2) is 0 Å². The standard InChI is InChI=1S/C31H35N3O3/c1-20-14-21(2)18-34(17-20)19-22-10-12-24(13-11-22)32-30(23-8-6-5-7-9-23)29-25-15-27(36-3)28(37-4)16-26(25)33-31(29)35/h5-13,15-16,20-21,29H,14,17-19H2,1-4H3,(H,33,35). The first-order chi connectivity index (χ1) is 17.9. The highest BCUT2D eigenvalue weighted by atomic mass is 16.5. The molecule has 0 radical (unpaired) electrons. The molecule has 2 heterocycles. The number of piperidine rings is 1. The number of nitrogens with zero attached hydrogens (tertiary/aromatic N) is 2. The molecule has 0 aliphatic carbocycles. The van der Waals surface area contributed by atoms with Gasteiger partial charge in [0.1, 0.15) is 5.92 Å². The van der Waals surface area contributed by atoms with Crippen LogP contribution in [0.5, 0.6) is 11.5 Å². The third-order valence-corrected chi connectivity index (χ3v) is 7.27. The molecule has 5 rings (SSSR count). The molecule has 0 spiro atoms. The summed E-state index contributed by atoms with van der Waals surface area (Å²) >= 11 is 0. The second-order valence-corrected chi connectivity index (χ2v) is 10.4. The Morgan fingerprint density at radius 2 is 1.59 bits per heavy atom. The number of amides is 1. The van der Waals surface area contributed by atoms with Crippen LogP contribution in [0.4, 0.5) is 11.4 Å². The Hall–Kier alpha value is -3.64. The van der Waals surface area contributed by atoms with Gasteiger partial charge in [0.2, 0.25) is 5.91 Å². The van der Waals surface area contributed by atoms with Crippen LogP contribution in [0.25, 0.3) is 0 Å². The van der Waals surface area contributed by atoms with Gasteiger partial charge in [-0.1, -0.05) is 56.3 Å². The number of aliphatic imine (C=N–C) groups is 1. The topological polar surface area (TPSA) is 63.2 Å². The summed E-state index contributed by atoms with van der Waals surface area (Å²) in [6, 6.07) is 22.0. The van der Waals surface area contributed by atoms with E-state index in [0.717, 1.165) is 54.0 Å². The fourth-order valence-corrected chi connectivity index (χ4v) is 5.76. The van der Waals surface area contributed by atoms with Crippen molar-refractivity contribution in [2.45, 2.75) is 32.7 Å². The lowest BCUT2D eigenvalue weighted by atomic mass is 9.90. The summed E-state index contributed by atoms with van der Waals surface area (Å²) < 4.78 is 11.0. The highest BCUT2D eigenvalue weighted by Gasteiger charge is 2.36. The maximum absolute atomic E-state index is 13.3. The van der Waals surface area contributed by atoms with E-state index in [1.54, 1.807) is 14.2 Å². The molecule has 1 amide bonds. The maximum atomic E-state index is 13.3. The van der Waals surface area contributed by atoms with Crippen molar-refractivity contribution >= 4 is 23.0 Å². The number of hydrogen-bond acceptors (Lipinski definition) is 5. The van der Waals surface area contributed by atoms with Gasteiger partial charge < -0.3 is 14.8 Å². The summed E-state index contributed by atoms with van der Waals surface area (Å²) in [4.78, 5) is 20.9. The smallest absolute Gasteiger partial charge is 0.238 e. The molecule has 192 valence electrons. The number of rotatable bonds is 7. The molecule has 3 aromatic rings. The van der Waals surface area contributed by atoms with E-state index in [-0.39, 0.29) is 5.91 Å². The SMILES string of the molecule is COc1cc2c(cc1OC)C(C(=Nc1ccc(CN3CC(C)CC(C)C3)cc1)c1ccccc1)C(=O)N2. The monoisotopic (exact) mass is 497 g/mol. The summed E-state index contributed by atoms with van der Waals surface area (Å²) in [6.07, 6.45) is 1.31. The van der Waals surface area contributed by atoms with Crippen molar-refractivity contribution in [1.29, 1.82) is 0 Å². The van der Waals surface area contributed by atoms with E-state index in [4.69, 9.17) is 14.5 Å². The summed E-state index contributed by atoms with van der Waals surface area (Å²) in [5.74, 6) is 1.96. The molecule has 3 aromatic carbocycles. The molecule has 1 saturated heterocycles. The predicted molar refractivity (Wildman–Crippen MR) is 148 cm³/mol. The molecule has 2 aliphatic rings. The number of fused-ring (bicyclic) bond motifs is 1. The number of anilines is 1. The molecule has 0 aromatic heterocycles. The number of likely N-dealkylation sites (tertiary alicyclic amines) is 1. The zero-order valence-corrected chi connectivity index (χ0v) is 22.0. The minimum atomic E-state index is -0.562. The molecule has 1 fully saturated rings. The van der Waals surface area contributed by atoms with Gasteiger partial charge in [0.05, 0.1) is 25.6 Å². The highest BCUT2D eigenvalue weighted by Crippen LogP contribution is 2.42. The third-order valence-electron chi connectivity index (χ3n) is 7.27. The Morgan fingerprint density at radius 3 is 2.24 bits per heavy atom. The van der Waals surface area contributed by atoms with E-state index in [1.165, 1.54) is 12.0 Å². The van der Waals surface area contributed by atoms with Crippen LogP contribution in [0.3, 0.4) is 0 Å². The van der Waals surface area contributed by atoms with Gasteiger partial charge >= 0.3 is 0 Å². The van der Waals surface area contributed by atoms with Gasteiger partial charge in [0.25, 0.3) is 0 Å². The molecule has 37 heavy (non-hydrogen) atoms. The van der Waals surface area contributed by atoms with Crippen LogP contribution >= 0.6 is 0 Å². The molecule has 6 nitrogen and oxygen atoms in total. The number of carbonyl (C=O) groups is 1. The van der Waals surface area contributed by atoms with Crippen molar-refractivity contribution in [3.05, 3.63) is 83.4 Å². The number of methoxy groups -OCH3 is 2. The lowest BCUT2D eigenvalue weighted by molar-refractivity contribution is -0.115. The second kappa shape index (κ2) is 10.8. The van der Waals surface area contributed by atoms with Crippen molar-refractivity contribution in [3.8, 4) is 11.5 Å². The molecular formula is C31H35N3O3. The Morgan fingerprint density at radius 1 is 0.946 bits per heavy atom. The Balaban J connectivity index is 1.48. The zero-order chi connectivity index (χ0) is 25.9. The normalized spacial score (nSPS) is 21.9. The van der Waals surface area contributed by atoms with Gasteiger partial charge in [-0.05, 0) is 53.1 Å². The van der Waals surface area contributed by atoms with Crippen molar-refractivity contribution in [1.82, 2.24) is 4.90 Å². The van der Waals surface area contributed by atoms with Gasteiger partial charge in [-0.15, -0.1) is 0 Å². The first kappa shape index (κ1) is 25.0. The Bertz CT molecular complexity index is 1280. The van der Waals surface area contributed by atoms with E-state index in [2.05, 4.69) is 48.3 Å². The van der Waals surface area contributed by atoms with Crippen molar-refractivity contribution in [2.24, 2.45) is 16.8 Å². The Kier molecular flexibility index (Phi) is 7.28. The number of benzene rings is 3. The van der Waals surface area contributed by atoms with Crippen LogP contribution in [0.2, 0.25) is 0 Å².